The zero-order valence-electron chi connectivity index (χ0n) is 22.6. The summed E-state index contributed by atoms with van der Waals surface area (Å²) in [4.78, 5) is 37.0. The fourth-order valence-corrected chi connectivity index (χ4v) is 7.37. The van der Waals surface area contributed by atoms with E-state index in [0.29, 0.717) is 43.0 Å². The van der Waals surface area contributed by atoms with Gasteiger partial charge in [-0.2, -0.15) is 0 Å². The Bertz CT molecular complexity index is 1540. The molecule has 5 aliphatic rings. The summed E-state index contributed by atoms with van der Waals surface area (Å²) in [5.74, 6) is 1.58. The Labute approximate surface area is 249 Å². The van der Waals surface area contributed by atoms with Gasteiger partial charge in [-0.25, -0.2) is 4.98 Å². The molecule has 0 bridgehead atoms. The number of fused-ring (bicyclic) bond motifs is 3. The van der Waals surface area contributed by atoms with Crippen LogP contribution in [0, 0.1) is 0 Å². The lowest BCUT2D eigenvalue weighted by atomic mass is 10.0. The molecule has 2 aromatic rings. The summed E-state index contributed by atoms with van der Waals surface area (Å²) < 4.78 is 5.94. The fourth-order valence-electron chi connectivity index (χ4n) is 5.78. The third-order valence-corrected chi connectivity index (χ3v) is 9.69. The van der Waals surface area contributed by atoms with E-state index in [0.717, 1.165) is 65.4 Å². The van der Waals surface area contributed by atoms with Crippen molar-refractivity contribution in [3.8, 4) is 5.75 Å². The van der Waals surface area contributed by atoms with E-state index in [4.69, 9.17) is 21.3 Å². The molecule has 1 aromatic carbocycles. The number of carbonyl (C=O) groups is 2. The van der Waals surface area contributed by atoms with Crippen molar-refractivity contribution in [3.05, 3.63) is 98.7 Å². The van der Waals surface area contributed by atoms with Gasteiger partial charge in [0.2, 0.25) is 5.91 Å². The Kier molecular flexibility index (Phi) is 7.13. The zero-order chi connectivity index (χ0) is 27.9. The Hall–Kier alpha value is -3.49. The summed E-state index contributed by atoms with van der Waals surface area (Å²) in [6, 6.07) is 11.6. The van der Waals surface area contributed by atoms with E-state index in [-0.39, 0.29) is 17.1 Å². The summed E-state index contributed by atoms with van der Waals surface area (Å²) in [6.45, 7) is 2.31. The van der Waals surface area contributed by atoms with Gasteiger partial charge in [-0.1, -0.05) is 47.5 Å². The van der Waals surface area contributed by atoms with Crippen molar-refractivity contribution >= 4 is 41.0 Å². The average Bonchev–Trinajstić information content (AvgIpc) is 3.79. The monoisotopic (exact) mass is 586 g/mol. The van der Waals surface area contributed by atoms with Gasteiger partial charge in [0.05, 0.1) is 11.8 Å². The van der Waals surface area contributed by atoms with Crippen LogP contribution in [-0.2, 0) is 11.3 Å². The van der Waals surface area contributed by atoms with Crippen molar-refractivity contribution in [2.45, 2.75) is 49.9 Å². The number of pyridine rings is 1. The topological polar surface area (TPSA) is 74.8 Å². The predicted molar refractivity (Wildman–Crippen MR) is 162 cm³/mol. The normalized spacial score (nSPS) is 21.8. The second kappa shape index (κ2) is 11.1. The molecule has 0 spiro atoms. The van der Waals surface area contributed by atoms with Crippen LogP contribution in [0.25, 0.3) is 0 Å². The molecule has 1 saturated carbocycles. The highest BCUT2D eigenvalue weighted by atomic mass is 35.5. The Morgan fingerprint density at radius 3 is 2.93 bits per heavy atom. The predicted octanol–water partition coefficient (Wildman–Crippen LogP) is 5.79. The number of halogens is 1. The van der Waals surface area contributed by atoms with E-state index >= 15 is 0 Å². The van der Waals surface area contributed by atoms with Gasteiger partial charge in [-0.05, 0) is 62.4 Å². The third-order valence-electron chi connectivity index (χ3n) is 8.05. The SMILES string of the molecule is O=C(NC1CC1)C1CC2=C(S1)C1=CC=CCC=C1N(C(=O)c1cccc(N3CCOc4ccc(Cl)cc4C3)n1)CC2. The van der Waals surface area contributed by atoms with E-state index in [1.54, 1.807) is 17.8 Å². The number of amides is 2. The van der Waals surface area contributed by atoms with Crippen LogP contribution in [0.5, 0.6) is 5.75 Å². The first-order valence-corrected chi connectivity index (χ1v) is 15.5. The first-order valence-electron chi connectivity index (χ1n) is 14.3. The number of nitrogens with zero attached hydrogens (tertiary/aromatic N) is 3. The van der Waals surface area contributed by atoms with Crippen LogP contribution in [-0.4, -0.2) is 52.7 Å². The van der Waals surface area contributed by atoms with Gasteiger partial charge in [0, 0.05) is 45.9 Å². The van der Waals surface area contributed by atoms with Gasteiger partial charge in [-0.3, -0.25) is 9.59 Å². The zero-order valence-corrected chi connectivity index (χ0v) is 24.2. The van der Waals surface area contributed by atoms with E-state index in [1.807, 2.05) is 35.2 Å². The molecule has 1 aromatic heterocycles. The smallest absolute Gasteiger partial charge is 0.276 e. The molecule has 0 saturated heterocycles. The van der Waals surface area contributed by atoms with Crippen LogP contribution in [0.1, 0.15) is 48.2 Å². The lowest BCUT2D eigenvalue weighted by Gasteiger charge is -2.27. The number of anilines is 1. The average molecular weight is 587 g/mol. The second-order valence-electron chi connectivity index (χ2n) is 11.0. The molecule has 7 nitrogen and oxygen atoms in total. The van der Waals surface area contributed by atoms with Gasteiger partial charge in [0.25, 0.3) is 5.91 Å². The van der Waals surface area contributed by atoms with Crippen molar-refractivity contribution in [1.82, 2.24) is 15.2 Å². The maximum atomic E-state index is 14.1. The number of thioether (sulfide) groups is 1. The summed E-state index contributed by atoms with van der Waals surface area (Å²) in [5.41, 5.74) is 4.60. The van der Waals surface area contributed by atoms with Gasteiger partial charge < -0.3 is 19.9 Å². The molecule has 210 valence electrons. The quantitative estimate of drug-likeness (QED) is 0.489. The number of rotatable bonds is 4. The molecule has 7 rings (SSSR count). The Morgan fingerprint density at radius 1 is 1.15 bits per heavy atom. The number of benzene rings is 1. The minimum Gasteiger partial charge on any atom is -0.491 e. The maximum Gasteiger partial charge on any atom is 0.276 e. The van der Waals surface area contributed by atoms with Crippen LogP contribution in [0.3, 0.4) is 0 Å². The third kappa shape index (κ3) is 5.43. The van der Waals surface area contributed by atoms with Crippen molar-refractivity contribution in [1.29, 1.82) is 0 Å². The molecule has 0 radical (unpaired) electrons. The number of carbonyl (C=O) groups excluding carboxylic acids is 2. The van der Waals surface area contributed by atoms with Crippen LogP contribution in [0.2, 0.25) is 5.02 Å². The van der Waals surface area contributed by atoms with Crippen molar-refractivity contribution in [2.24, 2.45) is 0 Å². The number of ether oxygens (including phenoxy) is 1. The Balaban J connectivity index is 1.13. The molecule has 4 heterocycles. The number of aromatic nitrogens is 1. The summed E-state index contributed by atoms with van der Waals surface area (Å²) >= 11 is 7.91. The number of hydrogen-bond donors (Lipinski definition) is 1. The van der Waals surface area contributed by atoms with Crippen molar-refractivity contribution in [2.75, 3.05) is 24.6 Å². The van der Waals surface area contributed by atoms with Crippen molar-refractivity contribution in [3.63, 3.8) is 0 Å². The minimum atomic E-state index is -0.116. The molecule has 9 heteroatoms. The summed E-state index contributed by atoms with van der Waals surface area (Å²) in [7, 11) is 0. The van der Waals surface area contributed by atoms with Crippen LogP contribution < -0.4 is 15.0 Å². The van der Waals surface area contributed by atoms with Crippen LogP contribution in [0.15, 0.2) is 82.5 Å². The van der Waals surface area contributed by atoms with Crippen LogP contribution >= 0.6 is 23.4 Å². The highest BCUT2D eigenvalue weighted by Gasteiger charge is 2.38. The van der Waals surface area contributed by atoms with E-state index in [1.165, 1.54) is 5.57 Å². The minimum absolute atomic E-state index is 0.104. The van der Waals surface area contributed by atoms with Gasteiger partial charge in [0.1, 0.15) is 23.9 Å². The highest BCUT2D eigenvalue weighted by molar-refractivity contribution is 8.04. The van der Waals surface area contributed by atoms with Gasteiger partial charge in [-0.15, -0.1) is 11.8 Å². The Morgan fingerprint density at radius 2 is 2.05 bits per heavy atom. The van der Waals surface area contributed by atoms with E-state index < -0.39 is 0 Å². The van der Waals surface area contributed by atoms with Gasteiger partial charge in [0.15, 0.2) is 0 Å². The molecule has 1 N–H and O–H groups in total. The molecule has 3 aliphatic heterocycles. The molecular weight excluding hydrogens is 556 g/mol. The number of hydrogen-bond acceptors (Lipinski definition) is 6. The number of nitrogens with one attached hydrogen (secondary N) is 1. The second-order valence-corrected chi connectivity index (χ2v) is 12.6. The van der Waals surface area contributed by atoms with Gasteiger partial charge >= 0.3 is 0 Å². The summed E-state index contributed by atoms with van der Waals surface area (Å²) in [5, 5.41) is 3.73. The first kappa shape index (κ1) is 26.4. The lowest BCUT2D eigenvalue weighted by Crippen LogP contribution is -2.34. The molecule has 41 heavy (non-hydrogen) atoms. The lowest BCUT2D eigenvalue weighted by molar-refractivity contribution is -0.120. The maximum absolute atomic E-state index is 14.1. The van der Waals surface area contributed by atoms with E-state index in [2.05, 4.69) is 34.5 Å². The first-order chi connectivity index (χ1) is 20.0. The van der Waals surface area contributed by atoms with Crippen molar-refractivity contribution < 1.29 is 14.3 Å². The summed E-state index contributed by atoms with van der Waals surface area (Å²) in [6.07, 6.45) is 12.7. The molecule has 1 atom stereocenters. The molecule has 1 fully saturated rings. The molecular formula is C32H31ClN4O3S. The standard InChI is InChI=1S/C32H31ClN4O3S/c33-22-9-12-27-21(17-22)19-36(15-16-40-27)29-8-4-6-25(35-29)32(39)37-14-13-20-18-28(31(38)34-23-10-11-23)41-30(20)24-5-2-1-3-7-26(24)37/h1-2,4-9,12,17,23,28H,3,10-11,13-16,18-19H2,(H,34,38). The van der Waals surface area contributed by atoms with Crippen LogP contribution in [0.4, 0.5) is 5.82 Å². The van der Waals surface area contributed by atoms with E-state index in [9.17, 15) is 9.59 Å². The molecule has 2 aliphatic carbocycles. The molecule has 1 unspecified atom stereocenters. The largest absolute Gasteiger partial charge is 0.491 e. The fraction of sp³-hybridized carbons (Fsp3) is 0.344. The number of allylic oxidation sites excluding steroid dienone is 5. The molecule has 2 amide bonds. The highest BCUT2D eigenvalue weighted by Crippen LogP contribution is 2.48.